The number of piperidine rings is 1. The predicted molar refractivity (Wildman–Crippen MR) is 70.9 cm³/mol. The molecule has 6 nitrogen and oxygen atoms in total. The van der Waals surface area contributed by atoms with Gasteiger partial charge in [-0.05, 0) is 19.8 Å². The lowest BCUT2D eigenvalue weighted by Crippen LogP contribution is -2.40. The van der Waals surface area contributed by atoms with E-state index in [0.29, 0.717) is 25.0 Å². The van der Waals surface area contributed by atoms with Crippen molar-refractivity contribution in [3.63, 3.8) is 0 Å². The number of alkyl halides is 3. The Morgan fingerprint density at radius 3 is 2.64 bits per heavy atom. The number of likely N-dealkylation sites (tertiary alicyclic amines) is 1. The first-order chi connectivity index (χ1) is 10.2. The van der Waals surface area contributed by atoms with Gasteiger partial charge in [-0.2, -0.15) is 13.2 Å². The predicted octanol–water partition coefficient (Wildman–Crippen LogP) is 1.32. The van der Waals surface area contributed by atoms with Crippen molar-refractivity contribution in [1.29, 1.82) is 0 Å². The van der Waals surface area contributed by atoms with Crippen LogP contribution in [0, 0.1) is 0 Å². The topological polar surface area (TPSA) is 71.2 Å². The molecule has 2 rings (SSSR count). The van der Waals surface area contributed by atoms with Gasteiger partial charge in [0.1, 0.15) is 6.42 Å². The molecule has 0 aliphatic carbocycles. The van der Waals surface area contributed by atoms with Crippen LogP contribution in [0.25, 0.3) is 0 Å². The molecule has 0 aromatic carbocycles. The summed E-state index contributed by atoms with van der Waals surface area (Å²) in [4.78, 5) is 12.8. The molecule has 1 aliphatic rings. The molecule has 1 aliphatic heterocycles. The molecule has 9 heteroatoms. The van der Waals surface area contributed by atoms with Crippen LogP contribution in [-0.4, -0.2) is 56.3 Å². The minimum Gasteiger partial charge on any atom is -0.393 e. The SMILES string of the molecule is C[C@H](O)Cc1cn(C2CCN(C(=O)CC(F)(F)F)CC2)nn1. The molecule has 1 atom stereocenters. The zero-order valence-corrected chi connectivity index (χ0v) is 12.3. The van der Waals surface area contributed by atoms with Crippen LogP contribution in [-0.2, 0) is 11.2 Å². The summed E-state index contributed by atoms with van der Waals surface area (Å²) in [6.45, 7) is 2.22. The van der Waals surface area contributed by atoms with E-state index >= 15 is 0 Å². The van der Waals surface area contributed by atoms with Crippen molar-refractivity contribution in [2.24, 2.45) is 0 Å². The summed E-state index contributed by atoms with van der Waals surface area (Å²) in [5.74, 6) is -0.876. The van der Waals surface area contributed by atoms with E-state index in [0.717, 1.165) is 0 Å². The first-order valence-electron chi connectivity index (χ1n) is 7.18. The molecule has 22 heavy (non-hydrogen) atoms. The molecular formula is C13H19F3N4O2. The third-order valence-corrected chi connectivity index (χ3v) is 3.61. The Balaban J connectivity index is 1.86. The van der Waals surface area contributed by atoms with E-state index in [4.69, 9.17) is 0 Å². The monoisotopic (exact) mass is 320 g/mol. The van der Waals surface area contributed by atoms with E-state index in [1.165, 1.54) is 4.90 Å². The van der Waals surface area contributed by atoms with E-state index in [1.807, 2.05) is 0 Å². The molecule has 1 amide bonds. The van der Waals surface area contributed by atoms with Gasteiger partial charge in [0.25, 0.3) is 0 Å². The fourth-order valence-corrected chi connectivity index (χ4v) is 2.55. The summed E-state index contributed by atoms with van der Waals surface area (Å²) in [5.41, 5.74) is 0.672. The standard InChI is InChI=1S/C13H19F3N4O2/c1-9(21)6-10-8-20(18-17-10)11-2-4-19(5-3-11)12(22)7-13(14,15)16/h8-9,11,21H,2-7H2,1H3/t9-/m0/s1. The summed E-state index contributed by atoms with van der Waals surface area (Å²) in [7, 11) is 0. The molecule has 0 bridgehead atoms. The highest BCUT2D eigenvalue weighted by Gasteiger charge is 2.35. The van der Waals surface area contributed by atoms with Gasteiger partial charge in [0.15, 0.2) is 0 Å². The maximum atomic E-state index is 12.2. The van der Waals surface area contributed by atoms with E-state index < -0.39 is 24.6 Å². The average molecular weight is 320 g/mol. The van der Waals surface area contributed by atoms with E-state index in [1.54, 1.807) is 17.8 Å². The number of nitrogens with zero attached hydrogens (tertiary/aromatic N) is 4. The summed E-state index contributed by atoms with van der Waals surface area (Å²) in [5, 5.41) is 17.3. The minimum atomic E-state index is -4.46. The van der Waals surface area contributed by atoms with Gasteiger partial charge in [-0.1, -0.05) is 5.21 Å². The molecule has 1 saturated heterocycles. The number of aromatic nitrogens is 3. The molecule has 0 saturated carbocycles. The summed E-state index contributed by atoms with van der Waals surface area (Å²) in [6, 6.07) is 0.0187. The van der Waals surface area contributed by atoms with Gasteiger partial charge in [-0.25, -0.2) is 4.68 Å². The lowest BCUT2D eigenvalue weighted by molar-refractivity contribution is -0.162. The van der Waals surface area contributed by atoms with Gasteiger partial charge in [0.2, 0.25) is 5.91 Å². The number of hydrogen-bond donors (Lipinski definition) is 1. The van der Waals surface area contributed by atoms with Crippen LogP contribution in [0.15, 0.2) is 6.20 Å². The third-order valence-electron chi connectivity index (χ3n) is 3.61. The summed E-state index contributed by atoms with van der Waals surface area (Å²) < 4.78 is 38.3. The molecule has 124 valence electrons. The molecule has 1 fully saturated rings. The number of amides is 1. The Kier molecular flexibility index (Phi) is 5.05. The molecule has 0 unspecified atom stereocenters. The maximum Gasteiger partial charge on any atom is 0.397 e. The highest BCUT2D eigenvalue weighted by Crippen LogP contribution is 2.25. The van der Waals surface area contributed by atoms with Crippen LogP contribution in [0.1, 0.15) is 37.9 Å². The van der Waals surface area contributed by atoms with Crippen LogP contribution in [0.5, 0.6) is 0 Å². The van der Waals surface area contributed by atoms with Crippen LogP contribution < -0.4 is 0 Å². The number of aliphatic hydroxyl groups is 1. The zero-order valence-electron chi connectivity index (χ0n) is 12.3. The Hall–Kier alpha value is -1.64. The molecule has 0 spiro atoms. The second-order valence-electron chi connectivity index (χ2n) is 5.65. The normalized spacial score (nSPS) is 18.5. The number of carbonyl (C=O) groups excluding carboxylic acids is 1. The number of aliphatic hydroxyl groups excluding tert-OH is 1. The molecule has 2 heterocycles. The van der Waals surface area contributed by atoms with Gasteiger partial charge in [0, 0.05) is 25.7 Å². The lowest BCUT2D eigenvalue weighted by Gasteiger charge is -2.32. The minimum absolute atomic E-state index is 0.0187. The highest BCUT2D eigenvalue weighted by molar-refractivity contribution is 5.76. The van der Waals surface area contributed by atoms with Gasteiger partial charge >= 0.3 is 6.18 Å². The Labute approximate surface area is 125 Å². The second kappa shape index (κ2) is 6.64. The Bertz CT molecular complexity index is 508. The molecule has 0 radical (unpaired) electrons. The first-order valence-corrected chi connectivity index (χ1v) is 7.18. The smallest absolute Gasteiger partial charge is 0.393 e. The van der Waals surface area contributed by atoms with Crippen molar-refractivity contribution >= 4 is 5.91 Å². The fourth-order valence-electron chi connectivity index (χ4n) is 2.55. The van der Waals surface area contributed by atoms with Gasteiger partial charge in [-0.3, -0.25) is 4.79 Å². The number of carbonyl (C=O) groups is 1. The second-order valence-corrected chi connectivity index (χ2v) is 5.65. The van der Waals surface area contributed by atoms with Crippen molar-refractivity contribution in [2.45, 2.75) is 50.9 Å². The van der Waals surface area contributed by atoms with E-state index in [9.17, 15) is 23.1 Å². The molecule has 1 aromatic rings. The van der Waals surface area contributed by atoms with Gasteiger partial charge in [-0.15, -0.1) is 5.10 Å². The van der Waals surface area contributed by atoms with Crippen molar-refractivity contribution < 1.29 is 23.1 Å². The first kappa shape index (κ1) is 16.7. The Morgan fingerprint density at radius 1 is 1.45 bits per heavy atom. The number of halogens is 3. The van der Waals surface area contributed by atoms with Crippen molar-refractivity contribution in [2.75, 3.05) is 13.1 Å². The van der Waals surface area contributed by atoms with Gasteiger partial charge < -0.3 is 10.0 Å². The maximum absolute atomic E-state index is 12.2. The van der Waals surface area contributed by atoms with Crippen LogP contribution in [0.3, 0.4) is 0 Å². The lowest BCUT2D eigenvalue weighted by atomic mass is 10.0. The number of hydrogen-bond acceptors (Lipinski definition) is 4. The summed E-state index contributed by atoms with van der Waals surface area (Å²) in [6.07, 6.45) is -3.14. The van der Waals surface area contributed by atoms with Crippen molar-refractivity contribution in [3.05, 3.63) is 11.9 Å². The molecular weight excluding hydrogens is 301 g/mol. The fraction of sp³-hybridized carbons (Fsp3) is 0.769. The largest absolute Gasteiger partial charge is 0.397 e. The number of rotatable bonds is 4. The van der Waals surface area contributed by atoms with Crippen LogP contribution in [0.4, 0.5) is 13.2 Å². The quantitative estimate of drug-likeness (QED) is 0.908. The van der Waals surface area contributed by atoms with Crippen LogP contribution in [0.2, 0.25) is 0 Å². The van der Waals surface area contributed by atoms with Crippen molar-refractivity contribution in [1.82, 2.24) is 19.9 Å². The summed E-state index contributed by atoms with van der Waals surface area (Å²) >= 11 is 0. The van der Waals surface area contributed by atoms with E-state index in [2.05, 4.69) is 10.3 Å². The molecule has 1 aromatic heterocycles. The Morgan fingerprint density at radius 2 is 2.09 bits per heavy atom. The van der Waals surface area contributed by atoms with Gasteiger partial charge in [0.05, 0.1) is 17.8 Å². The van der Waals surface area contributed by atoms with Crippen molar-refractivity contribution in [3.8, 4) is 0 Å². The third kappa shape index (κ3) is 4.69. The average Bonchev–Trinajstić information content (AvgIpc) is 2.84. The zero-order chi connectivity index (χ0) is 16.3. The molecule has 1 N–H and O–H groups in total. The van der Waals surface area contributed by atoms with Crippen LogP contribution >= 0.6 is 0 Å². The highest BCUT2D eigenvalue weighted by atomic mass is 19.4. The van der Waals surface area contributed by atoms with E-state index in [-0.39, 0.29) is 19.1 Å².